The summed E-state index contributed by atoms with van der Waals surface area (Å²) in [6.45, 7) is 5.05. The zero-order valence-corrected chi connectivity index (χ0v) is 15.4. The van der Waals surface area contributed by atoms with Crippen molar-refractivity contribution in [3.05, 3.63) is 22.1 Å². The number of thiophene rings is 1. The van der Waals surface area contributed by atoms with Crippen molar-refractivity contribution in [2.75, 3.05) is 20.3 Å². The molecule has 0 unspecified atom stereocenters. The van der Waals surface area contributed by atoms with Crippen molar-refractivity contribution in [2.45, 2.75) is 39.0 Å². The molecule has 1 amide bonds. The Kier molecular flexibility index (Phi) is 4.16. The number of aromatic nitrogens is 4. The number of amides is 1. The minimum absolute atomic E-state index is 0.178. The van der Waals surface area contributed by atoms with Crippen LogP contribution in [0, 0.1) is 6.92 Å². The highest BCUT2D eigenvalue weighted by Gasteiger charge is 2.26. The summed E-state index contributed by atoms with van der Waals surface area (Å²) in [6.07, 6.45) is 3.50. The lowest BCUT2D eigenvalue weighted by molar-refractivity contribution is 0.0927. The summed E-state index contributed by atoms with van der Waals surface area (Å²) >= 11 is 1.76. The molecule has 1 atom stereocenters. The van der Waals surface area contributed by atoms with Crippen molar-refractivity contribution < 1.29 is 9.53 Å². The van der Waals surface area contributed by atoms with E-state index >= 15 is 0 Å². The predicted octanol–water partition coefficient (Wildman–Crippen LogP) is 2.46. The molecule has 0 saturated heterocycles. The molecule has 0 fully saturated rings. The largest absolute Gasteiger partial charge is 0.383 e. The van der Waals surface area contributed by atoms with Crippen LogP contribution in [0.15, 0.2) is 0 Å². The number of ether oxygens (including phenoxy) is 1. The average molecular weight is 359 g/mol. The van der Waals surface area contributed by atoms with Crippen molar-refractivity contribution >= 4 is 33.1 Å². The molecule has 8 heteroatoms. The van der Waals surface area contributed by atoms with Gasteiger partial charge in [0.15, 0.2) is 5.65 Å². The zero-order valence-electron chi connectivity index (χ0n) is 14.6. The van der Waals surface area contributed by atoms with Crippen molar-refractivity contribution in [1.82, 2.24) is 24.9 Å². The summed E-state index contributed by atoms with van der Waals surface area (Å²) in [6, 6.07) is 0. The Balaban J connectivity index is 1.86. The lowest BCUT2D eigenvalue weighted by Gasteiger charge is -2.18. The minimum Gasteiger partial charge on any atom is -0.383 e. The van der Waals surface area contributed by atoms with E-state index in [1.54, 1.807) is 23.0 Å². The highest BCUT2D eigenvalue weighted by Crippen LogP contribution is 2.42. The van der Waals surface area contributed by atoms with Gasteiger partial charge in [0, 0.05) is 18.5 Å². The van der Waals surface area contributed by atoms with Gasteiger partial charge < -0.3 is 10.1 Å². The molecule has 1 N–H and O–H groups in total. The van der Waals surface area contributed by atoms with Crippen LogP contribution in [0.1, 0.15) is 52.6 Å². The first kappa shape index (κ1) is 16.4. The summed E-state index contributed by atoms with van der Waals surface area (Å²) in [5.74, 6) is 1.13. The Labute approximate surface area is 149 Å². The summed E-state index contributed by atoms with van der Waals surface area (Å²) in [4.78, 5) is 24.0. The molecule has 0 spiro atoms. The fourth-order valence-corrected chi connectivity index (χ4v) is 4.90. The van der Waals surface area contributed by atoms with Gasteiger partial charge in [0.2, 0.25) is 5.82 Å². The summed E-state index contributed by atoms with van der Waals surface area (Å²) < 4.78 is 6.65. The molecule has 7 nitrogen and oxygen atoms in total. The second-order valence-electron chi connectivity index (χ2n) is 6.49. The molecular weight excluding hydrogens is 338 g/mol. The minimum atomic E-state index is -0.287. The van der Waals surface area contributed by atoms with E-state index in [-0.39, 0.29) is 11.7 Å². The second kappa shape index (κ2) is 6.34. The molecule has 1 aliphatic carbocycles. The lowest BCUT2D eigenvalue weighted by Crippen LogP contribution is -2.27. The van der Waals surface area contributed by atoms with Crippen molar-refractivity contribution in [1.29, 1.82) is 0 Å². The number of nitrogens with one attached hydrogen (secondary N) is 1. The average Bonchev–Trinajstić information content (AvgIpc) is 3.17. The summed E-state index contributed by atoms with van der Waals surface area (Å²) in [7, 11) is 1.60. The number of hydrogen-bond donors (Lipinski definition) is 1. The molecule has 25 heavy (non-hydrogen) atoms. The van der Waals surface area contributed by atoms with Gasteiger partial charge in [-0.25, -0.2) is 9.97 Å². The number of rotatable bonds is 4. The molecule has 4 rings (SSSR count). The number of methoxy groups -OCH3 is 1. The van der Waals surface area contributed by atoms with Crippen molar-refractivity contribution in [3.63, 3.8) is 0 Å². The maximum atomic E-state index is 12.3. The highest BCUT2D eigenvalue weighted by atomic mass is 32.1. The van der Waals surface area contributed by atoms with Crippen LogP contribution in [0.25, 0.3) is 15.9 Å². The van der Waals surface area contributed by atoms with Gasteiger partial charge >= 0.3 is 0 Å². The molecule has 0 saturated carbocycles. The second-order valence-corrected chi connectivity index (χ2v) is 7.57. The van der Waals surface area contributed by atoms with Crippen LogP contribution in [0.4, 0.5) is 0 Å². The fourth-order valence-electron chi connectivity index (χ4n) is 3.53. The molecule has 0 radical (unpaired) electrons. The van der Waals surface area contributed by atoms with Crippen LogP contribution >= 0.6 is 11.3 Å². The van der Waals surface area contributed by atoms with Crippen molar-refractivity contribution in [2.24, 2.45) is 0 Å². The third-order valence-corrected chi connectivity index (χ3v) is 5.89. The van der Waals surface area contributed by atoms with Gasteiger partial charge in [-0.1, -0.05) is 6.92 Å². The third kappa shape index (κ3) is 2.69. The van der Waals surface area contributed by atoms with Gasteiger partial charge in [0.1, 0.15) is 10.7 Å². The van der Waals surface area contributed by atoms with E-state index < -0.39 is 0 Å². The maximum absolute atomic E-state index is 12.3. The number of carbonyl (C=O) groups excluding carboxylic acids is 1. The van der Waals surface area contributed by atoms with Crippen LogP contribution in [-0.4, -0.2) is 45.8 Å². The van der Waals surface area contributed by atoms with Crippen LogP contribution in [0.5, 0.6) is 0 Å². The topological polar surface area (TPSA) is 81.4 Å². The molecule has 0 aliphatic heterocycles. The van der Waals surface area contributed by atoms with Crippen LogP contribution < -0.4 is 5.32 Å². The van der Waals surface area contributed by atoms with E-state index in [1.165, 1.54) is 23.3 Å². The van der Waals surface area contributed by atoms with Gasteiger partial charge in [-0.3, -0.25) is 4.79 Å². The Morgan fingerprint density at radius 2 is 2.28 bits per heavy atom. The van der Waals surface area contributed by atoms with Gasteiger partial charge in [0.05, 0.1) is 12.0 Å². The Hall–Kier alpha value is -2.06. The van der Waals surface area contributed by atoms with Crippen LogP contribution in [0.3, 0.4) is 0 Å². The van der Waals surface area contributed by atoms with E-state index in [1.807, 2.05) is 6.92 Å². The quantitative estimate of drug-likeness (QED) is 0.724. The first-order chi connectivity index (χ1) is 12.1. The van der Waals surface area contributed by atoms with Crippen LogP contribution in [-0.2, 0) is 11.2 Å². The third-order valence-electron chi connectivity index (χ3n) is 4.73. The summed E-state index contributed by atoms with van der Waals surface area (Å²) in [5.41, 5.74) is 2.09. The molecular formula is C17H21N5O2S. The molecule has 1 aliphatic rings. The van der Waals surface area contributed by atoms with E-state index in [9.17, 15) is 4.79 Å². The Bertz CT molecular complexity index is 961. The maximum Gasteiger partial charge on any atom is 0.291 e. The Morgan fingerprint density at radius 3 is 3.08 bits per heavy atom. The first-order valence-corrected chi connectivity index (χ1v) is 9.37. The van der Waals surface area contributed by atoms with Gasteiger partial charge in [-0.15, -0.1) is 16.4 Å². The van der Waals surface area contributed by atoms with Gasteiger partial charge in [0.25, 0.3) is 5.91 Å². The van der Waals surface area contributed by atoms with E-state index in [2.05, 4.69) is 22.3 Å². The van der Waals surface area contributed by atoms with E-state index in [4.69, 9.17) is 9.72 Å². The number of carbonyl (C=O) groups is 1. The Morgan fingerprint density at radius 1 is 1.44 bits per heavy atom. The van der Waals surface area contributed by atoms with Gasteiger partial charge in [-0.2, -0.15) is 4.52 Å². The number of aryl methyl sites for hydroxylation is 2. The molecule has 132 valence electrons. The first-order valence-electron chi connectivity index (χ1n) is 8.56. The smallest absolute Gasteiger partial charge is 0.291 e. The van der Waals surface area contributed by atoms with Crippen molar-refractivity contribution in [3.8, 4) is 0 Å². The van der Waals surface area contributed by atoms with E-state index in [0.29, 0.717) is 19.1 Å². The number of fused-ring (bicyclic) bond motifs is 5. The van der Waals surface area contributed by atoms with Gasteiger partial charge in [-0.05, 0) is 37.7 Å². The highest BCUT2D eigenvalue weighted by molar-refractivity contribution is 7.19. The molecule has 3 heterocycles. The fraction of sp³-hybridized carbons (Fsp3) is 0.529. The molecule has 0 bridgehead atoms. The monoisotopic (exact) mass is 359 g/mol. The molecule has 3 aromatic rings. The molecule has 3 aromatic heterocycles. The number of nitrogens with zero attached hydrogens (tertiary/aromatic N) is 4. The standard InChI is InChI=1S/C17H21N5O2S/c1-9-5-4-6-11-12(9)13-15-20-14(16(23)18-7-8-24-3)21-22(15)10(2)19-17(13)25-11/h9H,4-8H2,1-3H3,(H,18,23)/t9-/m1/s1. The van der Waals surface area contributed by atoms with E-state index in [0.717, 1.165) is 28.1 Å². The predicted molar refractivity (Wildman–Crippen MR) is 96.5 cm³/mol. The zero-order chi connectivity index (χ0) is 17.6. The lowest BCUT2D eigenvalue weighted by atomic mass is 9.87. The SMILES string of the molecule is COCCNC(=O)c1nc2c3c4c(sc3nc(C)n2n1)CCC[C@H]4C. The molecule has 0 aromatic carbocycles. The summed E-state index contributed by atoms with van der Waals surface area (Å²) in [5, 5.41) is 8.23. The van der Waals surface area contributed by atoms with Crippen LogP contribution in [0.2, 0.25) is 0 Å². The number of hydrogen-bond acceptors (Lipinski definition) is 6. The normalized spacial score (nSPS) is 17.2.